The number of aromatic hydroxyl groups is 1. The molecule has 5 heteroatoms. The number of nitrogens with zero attached hydrogens (tertiary/aromatic N) is 1. The Labute approximate surface area is 125 Å². The summed E-state index contributed by atoms with van der Waals surface area (Å²) < 4.78 is 5.69. The van der Waals surface area contributed by atoms with Crippen molar-refractivity contribution in [1.29, 1.82) is 0 Å². The third-order valence-electron chi connectivity index (χ3n) is 3.42. The van der Waals surface area contributed by atoms with Crippen LogP contribution >= 0.6 is 12.2 Å². The van der Waals surface area contributed by atoms with Gasteiger partial charge in [-0.05, 0) is 38.0 Å². The first-order chi connectivity index (χ1) is 9.70. The van der Waals surface area contributed by atoms with Gasteiger partial charge in [-0.2, -0.15) is 0 Å². The molecule has 2 N–H and O–H groups in total. The molecule has 0 amide bonds. The van der Waals surface area contributed by atoms with Crippen LogP contribution in [0, 0.1) is 0 Å². The third kappa shape index (κ3) is 4.08. The molecule has 2 rings (SSSR count). The van der Waals surface area contributed by atoms with Crippen molar-refractivity contribution in [1.82, 2.24) is 10.2 Å². The molecule has 1 fully saturated rings. The van der Waals surface area contributed by atoms with E-state index in [0.29, 0.717) is 17.4 Å². The minimum absolute atomic E-state index is 0.234. The smallest absolute Gasteiger partial charge is 0.169 e. The van der Waals surface area contributed by atoms with Crippen molar-refractivity contribution in [2.75, 3.05) is 19.7 Å². The zero-order valence-electron chi connectivity index (χ0n) is 11.8. The number of rotatable bonds is 5. The van der Waals surface area contributed by atoms with Gasteiger partial charge in [-0.1, -0.05) is 18.2 Å². The van der Waals surface area contributed by atoms with Crippen LogP contribution in [0.1, 0.15) is 25.3 Å². The molecule has 0 aromatic heterocycles. The Morgan fingerprint density at radius 2 is 2.30 bits per heavy atom. The van der Waals surface area contributed by atoms with Crippen molar-refractivity contribution in [2.24, 2.45) is 0 Å². The van der Waals surface area contributed by atoms with Crippen molar-refractivity contribution in [2.45, 2.75) is 32.4 Å². The third-order valence-corrected chi connectivity index (χ3v) is 3.82. The zero-order chi connectivity index (χ0) is 14.4. The maximum atomic E-state index is 9.91. The number of ether oxygens (including phenoxy) is 1. The van der Waals surface area contributed by atoms with Crippen LogP contribution in [-0.4, -0.2) is 40.9 Å². The van der Waals surface area contributed by atoms with Gasteiger partial charge in [0.05, 0.1) is 6.10 Å². The zero-order valence-corrected chi connectivity index (χ0v) is 12.7. The van der Waals surface area contributed by atoms with Gasteiger partial charge >= 0.3 is 0 Å². The summed E-state index contributed by atoms with van der Waals surface area (Å²) in [6, 6.07) is 7.38. The Kier molecular flexibility index (Phi) is 5.61. The minimum atomic E-state index is 0.234. The van der Waals surface area contributed by atoms with E-state index in [9.17, 15) is 5.11 Å². The number of phenolic OH excluding ortho intramolecular Hbond substituents is 1. The molecule has 1 atom stereocenters. The minimum Gasteiger partial charge on any atom is -0.508 e. The first-order valence-electron chi connectivity index (χ1n) is 7.12. The molecule has 1 aliphatic rings. The maximum absolute atomic E-state index is 9.91. The summed E-state index contributed by atoms with van der Waals surface area (Å²) in [5.74, 6) is 0.309. The molecule has 1 unspecified atom stereocenters. The molecule has 4 nitrogen and oxygen atoms in total. The molecule has 0 saturated carbocycles. The van der Waals surface area contributed by atoms with Crippen LogP contribution in [0.4, 0.5) is 0 Å². The average Bonchev–Trinajstić information content (AvgIpc) is 2.93. The van der Waals surface area contributed by atoms with Crippen molar-refractivity contribution in [3.05, 3.63) is 29.8 Å². The highest BCUT2D eigenvalue weighted by Crippen LogP contribution is 2.20. The van der Waals surface area contributed by atoms with Crippen LogP contribution in [0.2, 0.25) is 0 Å². The fraction of sp³-hybridized carbons (Fsp3) is 0.533. The number of hydrogen-bond donors (Lipinski definition) is 2. The van der Waals surface area contributed by atoms with E-state index in [1.807, 2.05) is 25.1 Å². The van der Waals surface area contributed by atoms with Crippen LogP contribution in [0.3, 0.4) is 0 Å². The highest BCUT2D eigenvalue weighted by molar-refractivity contribution is 7.80. The van der Waals surface area contributed by atoms with Gasteiger partial charge in [0.25, 0.3) is 0 Å². The van der Waals surface area contributed by atoms with Crippen LogP contribution < -0.4 is 5.32 Å². The lowest BCUT2D eigenvalue weighted by atomic mass is 10.1. The lowest BCUT2D eigenvalue weighted by Crippen LogP contribution is -2.43. The summed E-state index contributed by atoms with van der Waals surface area (Å²) in [5.41, 5.74) is 0.880. The monoisotopic (exact) mass is 294 g/mol. The topological polar surface area (TPSA) is 44.7 Å². The molecular formula is C15H22N2O2S. The molecule has 0 aliphatic carbocycles. The van der Waals surface area contributed by atoms with E-state index >= 15 is 0 Å². The number of hydrogen-bond acceptors (Lipinski definition) is 3. The van der Waals surface area contributed by atoms with Gasteiger partial charge in [-0.25, -0.2) is 0 Å². The number of phenols is 1. The quantitative estimate of drug-likeness (QED) is 0.816. The molecule has 1 aromatic carbocycles. The van der Waals surface area contributed by atoms with Gasteiger partial charge in [-0.3, -0.25) is 0 Å². The second-order valence-electron chi connectivity index (χ2n) is 4.98. The standard InChI is InChI=1S/C15H22N2O2S/c1-2-16-15(20)17(11-13-7-5-9-19-13)10-12-6-3-4-8-14(12)18/h3-4,6,8,13,18H,2,5,7,9-11H2,1H3,(H,16,20). The molecule has 110 valence electrons. The van der Waals surface area contributed by atoms with Crippen molar-refractivity contribution in [3.8, 4) is 5.75 Å². The Bertz CT molecular complexity index is 447. The van der Waals surface area contributed by atoms with E-state index < -0.39 is 0 Å². The molecule has 0 bridgehead atoms. The van der Waals surface area contributed by atoms with Crippen LogP contribution in [0.25, 0.3) is 0 Å². The molecule has 1 heterocycles. The summed E-state index contributed by atoms with van der Waals surface area (Å²) in [4.78, 5) is 2.07. The molecule has 1 saturated heterocycles. The SMILES string of the molecule is CCNC(=S)N(Cc1ccccc1O)CC1CCCO1. The largest absolute Gasteiger partial charge is 0.508 e. The highest BCUT2D eigenvalue weighted by atomic mass is 32.1. The van der Waals surface area contributed by atoms with Gasteiger partial charge in [-0.15, -0.1) is 0 Å². The van der Waals surface area contributed by atoms with Crippen LogP contribution in [-0.2, 0) is 11.3 Å². The molecule has 1 aliphatic heterocycles. The second-order valence-corrected chi connectivity index (χ2v) is 5.37. The molecule has 20 heavy (non-hydrogen) atoms. The summed E-state index contributed by atoms with van der Waals surface area (Å²) in [5, 5.41) is 13.8. The van der Waals surface area contributed by atoms with E-state index in [2.05, 4.69) is 10.2 Å². The first kappa shape index (κ1) is 15.1. The summed E-state index contributed by atoms with van der Waals surface area (Å²) in [6.07, 6.45) is 2.42. The number of thiocarbonyl (C=S) groups is 1. The highest BCUT2D eigenvalue weighted by Gasteiger charge is 2.21. The Morgan fingerprint density at radius 3 is 2.95 bits per heavy atom. The maximum Gasteiger partial charge on any atom is 0.169 e. The molecule has 0 spiro atoms. The van der Waals surface area contributed by atoms with Crippen molar-refractivity contribution in [3.63, 3.8) is 0 Å². The summed E-state index contributed by atoms with van der Waals surface area (Å²) in [7, 11) is 0. The summed E-state index contributed by atoms with van der Waals surface area (Å²) >= 11 is 5.43. The summed E-state index contributed by atoms with van der Waals surface area (Å²) in [6.45, 7) is 5.01. The fourth-order valence-electron chi connectivity index (χ4n) is 2.37. The Hall–Kier alpha value is -1.33. The van der Waals surface area contributed by atoms with Crippen molar-refractivity contribution < 1.29 is 9.84 Å². The van der Waals surface area contributed by atoms with Gasteiger partial charge in [0.2, 0.25) is 0 Å². The lowest BCUT2D eigenvalue weighted by molar-refractivity contribution is 0.0896. The number of benzene rings is 1. The van der Waals surface area contributed by atoms with E-state index in [-0.39, 0.29) is 6.10 Å². The molecule has 1 aromatic rings. The number of nitrogens with one attached hydrogen (secondary N) is 1. The van der Waals surface area contributed by atoms with Gasteiger partial charge in [0.15, 0.2) is 5.11 Å². The van der Waals surface area contributed by atoms with E-state index in [1.54, 1.807) is 6.07 Å². The number of para-hydroxylation sites is 1. The fourth-order valence-corrected chi connectivity index (χ4v) is 2.65. The predicted octanol–water partition coefficient (Wildman–Crippen LogP) is 2.27. The first-order valence-corrected chi connectivity index (χ1v) is 7.52. The molecular weight excluding hydrogens is 272 g/mol. The lowest BCUT2D eigenvalue weighted by Gasteiger charge is -2.28. The van der Waals surface area contributed by atoms with Gasteiger partial charge in [0.1, 0.15) is 5.75 Å². The second kappa shape index (κ2) is 7.45. The Morgan fingerprint density at radius 1 is 1.50 bits per heavy atom. The molecule has 0 radical (unpaired) electrons. The Balaban J connectivity index is 2.05. The van der Waals surface area contributed by atoms with Gasteiger partial charge in [0, 0.05) is 31.8 Å². The predicted molar refractivity (Wildman–Crippen MR) is 83.8 cm³/mol. The van der Waals surface area contributed by atoms with E-state index in [0.717, 1.165) is 38.1 Å². The van der Waals surface area contributed by atoms with E-state index in [4.69, 9.17) is 17.0 Å². The van der Waals surface area contributed by atoms with Crippen molar-refractivity contribution >= 4 is 17.3 Å². The average molecular weight is 294 g/mol. The van der Waals surface area contributed by atoms with Crippen LogP contribution in [0.15, 0.2) is 24.3 Å². The van der Waals surface area contributed by atoms with E-state index in [1.165, 1.54) is 0 Å². The normalized spacial score (nSPS) is 17.9. The van der Waals surface area contributed by atoms with Crippen LogP contribution in [0.5, 0.6) is 5.75 Å². The van der Waals surface area contributed by atoms with Gasteiger partial charge < -0.3 is 20.1 Å².